The number of thioether (sulfide) groups is 1. The highest BCUT2D eigenvalue weighted by Gasteiger charge is 2.19. The molecule has 0 unspecified atom stereocenters. The van der Waals surface area contributed by atoms with E-state index in [9.17, 15) is 9.59 Å². The first-order chi connectivity index (χ1) is 16.1. The molecule has 0 atom stereocenters. The van der Waals surface area contributed by atoms with E-state index in [0.717, 1.165) is 30.0 Å². The minimum atomic E-state index is -0.478. The summed E-state index contributed by atoms with van der Waals surface area (Å²) in [4.78, 5) is 24.2. The largest absolute Gasteiger partial charge is 0.490 e. The molecule has 0 bridgehead atoms. The number of thiophene rings is 1. The number of ether oxygens (including phenoxy) is 2. The van der Waals surface area contributed by atoms with E-state index < -0.39 is 5.97 Å². The van der Waals surface area contributed by atoms with Gasteiger partial charge in [0, 0.05) is 12.1 Å². The number of methoxy groups -OCH3 is 1. The maximum Gasteiger partial charge on any atom is 0.340 e. The second kappa shape index (κ2) is 10.8. The fraction of sp³-hybridized carbons (Fsp3) is 0.391. The number of hydrogen-bond donors (Lipinski definition) is 1. The van der Waals surface area contributed by atoms with Gasteiger partial charge in [-0.25, -0.2) is 4.79 Å². The standard InChI is InChI=1S/C23H26N4O4S2/c1-3-27-20(15-8-10-17(11-9-15)31-16-6-4-5-7-16)25-26-23(27)33-14-19(28)24-21-18(12-13-32-21)22(29)30-2/h8-13,16H,3-7,14H2,1-2H3,(H,24,28). The van der Waals surface area contributed by atoms with Crippen molar-refractivity contribution in [1.82, 2.24) is 14.8 Å². The summed E-state index contributed by atoms with van der Waals surface area (Å²) in [6.07, 6.45) is 5.04. The molecule has 0 aliphatic heterocycles. The maximum atomic E-state index is 12.5. The number of amides is 1. The molecule has 3 aromatic rings. The van der Waals surface area contributed by atoms with Crippen molar-refractivity contribution in [3.8, 4) is 17.1 Å². The van der Waals surface area contributed by atoms with Crippen LogP contribution in [-0.4, -0.2) is 45.6 Å². The van der Waals surface area contributed by atoms with Crippen LogP contribution in [0.5, 0.6) is 5.75 Å². The van der Waals surface area contributed by atoms with E-state index in [0.29, 0.717) is 28.4 Å². The molecule has 2 heterocycles. The zero-order chi connectivity index (χ0) is 23.2. The van der Waals surface area contributed by atoms with E-state index in [4.69, 9.17) is 9.47 Å². The minimum Gasteiger partial charge on any atom is -0.490 e. The molecule has 1 aliphatic rings. The van der Waals surface area contributed by atoms with Gasteiger partial charge in [-0.3, -0.25) is 4.79 Å². The molecule has 1 fully saturated rings. The first-order valence-corrected chi connectivity index (χ1v) is 12.7. The first-order valence-electron chi connectivity index (χ1n) is 10.9. The highest BCUT2D eigenvalue weighted by Crippen LogP contribution is 2.29. The monoisotopic (exact) mass is 486 g/mol. The highest BCUT2D eigenvalue weighted by atomic mass is 32.2. The number of carbonyl (C=O) groups is 2. The minimum absolute atomic E-state index is 0.144. The number of hydrogen-bond acceptors (Lipinski definition) is 8. The molecule has 1 saturated carbocycles. The van der Waals surface area contributed by atoms with Crippen LogP contribution in [0.1, 0.15) is 43.0 Å². The third-order valence-electron chi connectivity index (χ3n) is 5.41. The molecule has 0 saturated heterocycles. The Morgan fingerprint density at radius 1 is 1.18 bits per heavy atom. The van der Waals surface area contributed by atoms with Crippen LogP contribution in [-0.2, 0) is 16.1 Å². The molecule has 4 rings (SSSR count). The van der Waals surface area contributed by atoms with Gasteiger partial charge in [0.15, 0.2) is 11.0 Å². The molecule has 10 heteroatoms. The number of nitrogens with zero attached hydrogens (tertiary/aromatic N) is 3. The Morgan fingerprint density at radius 2 is 1.94 bits per heavy atom. The zero-order valence-corrected chi connectivity index (χ0v) is 20.2. The van der Waals surface area contributed by atoms with Crippen LogP contribution < -0.4 is 10.1 Å². The van der Waals surface area contributed by atoms with Crippen LogP contribution in [0.15, 0.2) is 40.9 Å². The SMILES string of the molecule is CCn1c(SCC(=O)Nc2sccc2C(=O)OC)nnc1-c1ccc(OC2CCCC2)cc1. The number of benzene rings is 1. The number of carbonyl (C=O) groups excluding carboxylic acids is 2. The molecule has 0 radical (unpaired) electrons. The zero-order valence-electron chi connectivity index (χ0n) is 18.6. The van der Waals surface area contributed by atoms with Gasteiger partial charge in [0.2, 0.25) is 5.91 Å². The fourth-order valence-corrected chi connectivity index (χ4v) is 5.34. The lowest BCUT2D eigenvalue weighted by atomic mass is 10.2. The Balaban J connectivity index is 1.39. The summed E-state index contributed by atoms with van der Waals surface area (Å²) in [5, 5.41) is 14.3. The third-order valence-corrected chi connectivity index (χ3v) is 7.20. The van der Waals surface area contributed by atoms with Gasteiger partial charge < -0.3 is 19.4 Å². The molecule has 1 N–H and O–H groups in total. The van der Waals surface area contributed by atoms with E-state index in [1.165, 1.54) is 43.1 Å². The van der Waals surface area contributed by atoms with Crippen LogP contribution in [0.25, 0.3) is 11.4 Å². The summed E-state index contributed by atoms with van der Waals surface area (Å²) in [6, 6.07) is 9.56. The lowest BCUT2D eigenvalue weighted by molar-refractivity contribution is -0.113. The molecule has 1 aromatic carbocycles. The highest BCUT2D eigenvalue weighted by molar-refractivity contribution is 7.99. The molecule has 174 valence electrons. The molecule has 1 amide bonds. The Hall–Kier alpha value is -2.85. The van der Waals surface area contributed by atoms with E-state index >= 15 is 0 Å². The maximum absolute atomic E-state index is 12.5. The first kappa shape index (κ1) is 23.3. The van der Waals surface area contributed by atoms with E-state index in [2.05, 4.69) is 15.5 Å². The van der Waals surface area contributed by atoms with Crippen LogP contribution in [0.3, 0.4) is 0 Å². The molecule has 2 aromatic heterocycles. The van der Waals surface area contributed by atoms with Crippen molar-refractivity contribution < 1.29 is 19.1 Å². The summed E-state index contributed by atoms with van der Waals surface area (Å²) >= 11 is 2.58. The number of anilines is 1. The van der Waals surface area contributed by atoms with Crippen molar-refractivity contribution in [3.63, 3.8) is 0 Å². The Labute approximate surface area is 200 Å². The van der Waals surface area contributed by atoms with Crippen molar-refractivity contribution in [2.75, 3.05) is 18.2 Å². The molecule has 0 spiro atoms. The lowest BCUT2D eigenvalue weighted by Crippen LogP contribution is -2.16. The fourth-order valence-electron chi connectivity index (χ4n) is 3.74. The summed E-state index contributed by atoms with van der Waals surface area (Å²) in [5.74, 6) is 1.06. The number of aromatic nitrogens is 3. The quantitative estimate of drug-likeness (QED) is 0.341. The van der Waals surface area contributed by atoms with Gasteiger partial charge in [-0.1, -0.05) is 11.8 Å². The average molecular weight is 487 g/mol. The summed E-state index contributed by atoms with van der Waals surface area (Å²) < 4.78 is 12.8. The Bertz CT molecular complexity index is 1100. The lowest BCUT2D eigenvalue weighted by Gasteiger charge is -2.13. The van der Waals surface area contributed by atoms with Gasteiger partial charge in [-0.2, -0.15) is 0 Å². The van der Waals surface area contributed by atoms with Crippen LogP contribution >= 0.6 is 23.1 Å². The normalized spacial score (nSPS) is 13.8. The average Bonchev–Trinajstić information content (AvgIpc) is 3.59. The van der Waals surface area contributed by atoms with Gasteiger partial charge >= 0.3 is 5.97 Å². The summed E-state index contributed by atoms with van der Waals surface area (Å²) in [6.45, 7) is 2.69. The Kier molecular flexibility index (Phi) is 7.66. The van der Waals surface area contributed by atoms with Crippen LogP contribution in [0, 0.1) is 0 Å². The summed E-state index contributed by atoms with van der Waals surface area (Å²) in [5.41, 5.74) is 1.29. The van der Waals surface area contributed by atoms with Gasteiger partial charge in [-0.15, -0.1) is 21.5 Å². The second-order valence-corrected chi connectivity index (χ2v) is 9.45. The van der Waals surface area contributed by atoms with Crippen molar-refractivity contribution in [3.05, 3.63) is 41.3 Å². The number of nitrogens with one attached hydrogen (secondary N) is 1. The molecule has 33 heavy (non-hydrogen) atoms. The van der Waals surface area contributed by atoms with Gasteiger partial charge in [0.1, 0.15) is 10.8 Å². The second-order valence-electron chi connectivity index (χ2n) is 7.59. The molecule has 8 nitrogen and oxygen atoms in total. The number of rotatable bonds is 9. The van der Waals surface area contributed by atoms with E-state index in [1.807, 2.05) is 35.8 Å². The predicted molar refractivity (Wildman–Crippen MR) is 129 cm³/mol. The van der Waals surface area contributed by atoms with Gasteiger partial charge in [-0.05, 0) is 68.3 Å². The predicted octanol–water partition coefficient (Wildman–Crippen LogP) is 4.87. The van der Waals surface area contributed by atoms with E-state index in [-0.39, 0.29) is 11.7 Å². The summed E-state index contributed by atoms with van der Waals surface area (Å²) in [7, 11) is 1.31. The van der Waals surface area contributed by atoms with Crippen LogP contribution in [0.2, 0.25) is 0 Å². The third kappa shape index (κ3) is 5.56. The van der Waals surface area contributed by atoms with Crippen molar-refractivity contribution in [1.29, 1.82) is 0 Å². The molecular formula is C23H26N4O4S2. The van der Waals surface area contributed by atoms with Gasteiger partial charge in [0.05, 0.1) is 24.5 Å². The molecular weight excluding hydrogens is 460 g/mol. The van der Waals surface area contributed by atoms with Crippen LogP contribution in [0.4, 0.5) is 5.00 Å². The topological polar surface area (TPSA) is 95.3 Å². The van der Waals surface area contributed by atoms with Crippen molar-refractivity contribution >= 4 is 40.0 Å². The van der Waals surface area contributed by atoms with Crippen molar-refractivity contribution in [2.24, 2.45) is 0 Å². The van der Waals surface area contributed by atoms with Crippen molar-refractivity contribution in [2.45, 2.75) is 50.4 Å². The van der Waals surface area contributed by atoms with Gasteiger partial charge in [0.25, 0.3) is 0 Å². The Morgan fingerprint density at radius 3 is 2.64 bits per heavy atom. The smallest absolute Gasteiger partial charge is 0.340 e. The van der Waals surface area contributed by atoms with E-state index in [1.54, 1.807) is 11.4 Å². The molecule has 1 aliphatic carbocycles. The number of esters is 1.